The van der Waals surface area contributed by atoms with Gasteiger partial charge in [0.15, 0.2) is 0 Å². The highest BCUT2D eigenvalue weighted by Gasteiger charge is 2.09. The van der Waals surface area contributed by atoms with Crippen molar-refractivity contribution in [2.24, 2.45) is 17.2 Å². The number of hydrogen-bond acceptors (Lipinski definition) is 3. The van der Waals surface area contributed by atoms with Gasteiger partial charge in [0.05, 0.1) is 6.04 Å². The summed E-state index contributed by atoms with van der Waals surface area (Å²) in [6, 6.07) is 6.67. The predicted octanol–water partition coefficient (Wildman–Crippen LogP) is 0.311. The van der Waals surface area contributed by atoms with Crippen molar-refractivity contribution >= 4 is 11.8 Å². The third kappa shape index (κ3) is 4.18. The molecular weight excluding hydrogens is 230 g/mol. The second-order valence-corrected chi connectivity index (χ2v) is 4.28. The van der Waals surface area contributed by atoms with Crippen LogP contribution in [0.3, 0.4) is 0 Å². The molecule has 0 saturated heterocycles. The number of nitrogens with two attached hydrogens (primary N) is 3. The molecular formula is C13H19N3O2. The lowest BCUT2D eigenvalue weighted by Gasteiger charge is -2.08. The first-order valence-electron chi connectivity index (χ1n) is 5.95. The zero-order valence-electron chi connectivity index (χ0n) is 10.3. The second-order valence-electron chi connectivity index (χ2n) is 4.28. The van der Waals surface area contributed by atoms with Gasteiger partial charge in [-0.05, 0) is 30.9 Å². The highest BCUT2D eigenvalue weighted by Crippen LogP contribution is 2.12. The molecule has 6 N–H and O–H groups in total. The van der Waals surface area contributed by atoms with Crippen LogP contribution >= 0.6 is 0 Å². The average Bonchev–Trinajstić information content (AvgIpc) is 2.34. The Morgan fingerprint density at radius 1 is 1.11 bits per heavy atom. The van der Waals surface area contributed by atoms with Crippen LogP contribution in [0.15, 0.2) is 24.3 Å². The van der Waals surface area contributed by atoms with Gasteiger partial charge in [-0.15, -0.1) is 0 Å². The van der Waals surface area contributed by atoms with Gasteiger partial charge in [0, 0.05) is 5.56 Å². The van der Waals surface area contributed by atoms with Gasteiger partial charge >= 0.3 is 0 Å². The second kappa shape index (κ2) is 6.76. The van der Waals surface area contributed by atoms with Crippen LogP contribution in [0.5, 0.6) is 0 Å². The van der Waals surface area contributed by atoms with E-state index in [9.17, 15) is 9.59 Å². The van der Waals surface area contributed by atoms with Gasteiger partial charge in [0.25, 0.3) is 0 Å². The third-order valence-corrected chi connectivity index (χ3v) is 2.86. The van der Waals surface area contributed by atoms with Gasteiger partial charge < -0.3 is 17.2 Å². The molecule has 5 nitrogen and oxygen atoms in total. The van der Waals surface area contributed by atoms with Gasteiger partial charge in [0.2, 0.25) is 11.8 Å². The molecule has 0 aromatic heterocycles. The van der Waals surface area contributed by atoms with Crippen molar-refractivity contribution in [2.75, 3.05) is 0 Å². The lowest BCUT2D eigenvalue weighted by atomic mass is 10.00. The molecule has 0 aliphatic rings. The summed E-state index contributed by atoms with van der Waals surface area (Å²) in [4.78, 5) is 21.9. The molecule has 1 aromatic rings. The number of amides is 2. The number of rotatable bonds is 7. The molecule has 0 saturated carbocycles. The molecule has 0 unspecified atom stereocenters. The molecule has 1 atom stereocenters. The smallest absolute Gasteiger partial charge is 0.248 e. The van der Waals surface area contributed by atoms with E-state index in [1.165, 1.54) is 0 Å². The van der Waals surface area contributed by atoms with Gasteiger partial charge in [0.1, 0.15) is 0 Å². The summed E-state index contributed by atoms with van der Waals surface area (Å²) in [5.41, 5.74) is 17.4. The lowest BCUT2D eigenvalue weighted by Crippen LogP contribution is -2.36. The summed E-state index contributed by atoms with van der Waals surface area (Å²) in [5.74, 6) is -0.896. The van der Waals surface area contributed by atoms with E-state index in [0.717, 1.165) is 24.8 Å². The maximum Gasteiger partial charge on any atom is 0.248 e. The SMILES string of the molecule is NC(=O)c1ccccc1CCCC[C@H](N)C(N)=O. The zero-order valence-corrected chi connectivity index (χ0v) is 10.3. The van der Waals surface area contributed by atoms with E-state index < -0.39 is 17.9 Å². The van der Waals surface area contributed by atoms with Gasteiger partial charge in [-0.3, -0.25) is 9.59 Å². The number of carbonyl (C=O) groups excluding carboxylic acids is 2. The standard InChI is InChI=1S/C13H19N3O2/c14-11(13(16)18)8-4-2-6-9-5-1-3-7-10(9)12(15)17/h1,3,5,7,11H,2,4,6,8,14H2,(H2,15,17)(H2,16,18)/t11-/m0/s1. The van der Waals surface area contributed by atoms with Crippen LogP contribution in [-0.2, 0) is 11.2 Å². The van der Waals surface area contributed by atoms with Crippen molar-refractivity contribution in [1.82, 2.24) is 0 Å². The molecule has 0 radical (unpaired) electrons. The highest BCUT2D eigenvalue weighted by atomic mass is 16.1. The third-order valence-electron chi connectivity index (χ3n) is 2.86. The minimum atomic E-state index is -0.587. The van der Waals surface area contributed by atoms with Gasteiger partial charge in [-0.2, -0.15) is 0 Å². The molecule has 98 valence electrons. The van der Waals surface area contributed by atoms with Crippen LogP contribution in [0.4, 0.5) is 0 Å². The minimum absolute atomic E-state index is 0.417. The van der Waals surface area contributed by atoms with E-state index >= 15 is 0 Å². The van der Waals surface area contributed by atoms with Crippen molar-refractivity contribution in [2.45, 2.75) is 31.7 Å². The minimum Gasteiger partial charge on any atom is -0.368 e. The number of aryl methyl sites for hydroxylation is 1. The van der Waals surface area contributed by atoms with Crippen molar-refractivity contribution in [1.29, 1.82) is 0 Å². The maximum absolute atomic E-state index is 11.2. The largest absolute Gasteiger partial charge is 0.368 e. The first-order valence-corrected chi connectivity index (χ1v) is 5.95. The summed E-state index contributed by atoms with van der Waals surface area (Å²) in [6.45, 7) is 0. The molecule has 0 bridgehead atoms. The number of unbranched alkanes of at least 4 members (excludes halogenated alkanes) is 1. The quantitative estimate of drug-likeness (QED) is 0.604. The Bertz CT molecular complexity index is 432. The Morgan fingerprint density at radius 2 is 1.78 bits per heavy atom. The monoisotopic (exact) mass is 249 g/mol. The summed E-state index contributed by atoms with van der Waals surface area (Å²) >= 11 is 0. The van der Waals surface area contributed by atoms with Crippen LogP contribution in [0.1, 0.15) is 35.2 Å². The molecule has 0 aliphatic carbocycles. The van der Waals surface area contributed by atoms with Crippen LogP contribution in [0, 0.1) is 0 Å². The number of hydrogen-bond donors (Lipinski definition) is 3. The van der Waals surface area contributed by atoms with E-state index in [1.54, 1.807) is 12.1 Å². The Labute approximate surface area is 106 Å². The molecule has 18 heavy (non-hydrogen) atoms. The molecule has 5 heteroatoms. The van der Waals surface area contributed by atoms with E-state index in [2.05, 4.69) is 0 Å². The van der Waals surface area contributed by atoms with Crippen LogP contribution in [-0.4, -0.2) is 17.9 Å². The van der Waals surface area contributed by atoms with E-state index in [0.29, 0.717) is 12.0 Å². The summed E-state index contributed by atoms with van der Waals surface area (Å²) in [7, 11) is 0. The lowest BCUT2D eigenvalue weighted by molar-refractivity contribution is -0.119. The summed E-state index contributed by atoms with van der Waals surface area (Å²) in [6.07, 6.45) is 2.93. The molecule has 1 rings (SSSR count). The highest BCUT2D eigenvalue weighted by molar-refractivity contribution is 5.94. The fourth-order valence-corrected chi connectivity index (χ4v) is 1.80. The van der Waals surface area contributed by atoms with Gasteiger partial charge in [-0.1, -0.05) is 24.6 Å². The number of benzene rings is 1. The van der Waals surface area contributed by atoms with Crippen LogP contribution in [0.2, 0.25) is 0 Å². The van der Waals surface area contributed by atoms with Crippen molar-refractivity contribution in [3.63, 3.8) is 0 Å². The molecule has 1 aromatic carbocycles. The maximum atomic E-state index is 11.2. The fourth-order valence-electron chi connectivity index (χ4n) is 1.80. The van der Waals surface area contributed by atoms with Crippen molar-refractivity contribution < 1.29 is 9.59 Å². The van der Waals surface area contributed by atoms with Crippen LogP contribution in [0.25, 0.3) is 0 Å². The summed E-state index contributed by atoms with van der Waals surface area (Å²) < 4.78 is 0. The Balaban J connectivity index is 2.45. The van der Waals surface area contributed by atoms with Crippen molar-refractivity contribution in [3.8, 4) is 0 Å². The number of carbonyl (C=O) groups is 2. The molecule has 0 spiro atoms. The average molecular weight is 249 g/mol. The molecule has 0 aliphatic heterocycles. The molecule has 2 amide bonds. The molecule has 0 heterocycles. The summed E-state index contributed by atoms with van der Waals surface area (Å²) in [5, 5.41) is 0. The first kappa shape index (κ1) is 14.2. The van der Waals surface area contributed by atoms with Crippen molar-refractivity contribution in [3.05, 3.63) is 35.4 Å². The normalized spacial score (nSPS) is 12.1. The van der Waals surface area contributed by atoms with Crippen LogP contribution < -0.4 is 17.2 Å². The van der Waals surface area contributed by atoms with E-state index in [-0.39, 0.29) is 0 Å². The predicted molar refractivity (Wildman–Crippen MR) is 69.7 cm³/mol. The van der Waals surface area contributed by atoms with E-state index in [1.807, 2.05) is 12.1 Å². The number of primary amides is 2. The zero-order chi connectivity index (χ0) is 13.5. The fraction of sp³-hybridized carbons (Fsp3) is 0.385. The topological polar surface area (TPSA) is 112 Å². The Kier molecular flexibility index (Phi) is 5.32. The molecule has 0 fully saturated rings. The van der Waals surface area contributed by atoms with E-state index in [4.69, 9.17) is 17.2 Å². The van der Waals surface area contributed by atoms with Gasteiger partial charge in [-0.25, -0.2) is 0 Å². The Hall–Kier alpha value is -1.88. The Morgan fingerprint density at radius 3 is 2.39 bits per heavy atom. The first-order chi connectivity index (χ1) is 8.52.